The topological polar surface area (TPSA) is 137 Å². The molecule has 3 N–H and O–H groups in total. The summed E-state index contributed by atoms with van der Waals surface area (Å²) in [6.07, 6.45) is 0. The van der Waals surface area contributed by atoms with E-state index < -0.39 is 11.8 Å². The van der Waals surface area contributed by atoms with E-state index in [-0.39, 0.29) is 19.3 Å². The third-order valence-electron chi connectivity index (χ3n) is 4.44. The number of ether oxygens (including phenoxy) is 4. The molecular weight excluding hydrogens is 406 g/mol. The lowest BCUT2D eigenvalue weighted by Crippen LogP contribution is -2.33. The van der Waals surface area contributed by atoms with Gasteiger partial charge >= 0.3 is 0 Å². The number of methoxy groups -OCH3 is 2. The number of benzene rings is 2. The van der Waals surface area contributed by atoms with Gasteiger partial charge in [-0.3, -0.25) is 20.0 Å². The molecule has 31 heavy (non-hydrogen) atoms. The first-order valence-corrected chi connectivity index (χ1v) is 9.20. The van der Waals surface area contributed by atoms with Crippen molar-refractivity contribution in [2.75, 3.05) is 32.9 Å². The van der Waals surface area contributed by atoms with Crippen LogP contribution >= 0.6 is 0 Å². The normalized spacial score (nSPS) is 11.7. The number of aromatic amines is 1. The van der Waals surface area contributed by atoms with E-state index in [4.69, 9.17) is 18.9 Å². The van der Waals surface area contributed by atoms with Crippen molar-refractivity contribution in [2.45, 2.75) is 0 Å². The minimum atomic E-state index is -0.480. The summed E-state index contributed by atoms with van der Waals surface area (Å²) in [7, 11) is 3.08. The maximum absolute atomic E-state index is 12.3. The van der Waals surface area contributed by atoms with E-state index in [9.17, 15) is 9.59 Å². The number of carbonyl (C=O) groups is 2. The van der Waals surface area contributed by atoms with Crippen LogP contribution in [-0.2, 0) is 4.79 Å². The van der Waals surface area contributed by atoms with Crippen LogP contribution < -0.4 is 29.6 Å². The van der Waals surface area contributed by atoms with E-state index >= 15 is 0 Å². The van der Waals surface area contributed by atoms with Crippen molar-refractivity contribution >= 4 is 17.8 Å². The largest absolute Gasteiger partial charge is 0.493 e. The Morgan fingerprint density at radius 3 is 2.68 bits per heavy atom. The van der Waals surface area contributed by atoms with Gasteiger partial charge in [0.05, 0.1) is 20.8 Å². The van der Waals surface area contributed by atoms with Crippen molar-refractivity contribution in [3.05, 3.63) is 42.0 Å². The van der Waals surface area contributed by atoms with Gasteiger partial charge in [-0.25, -0.2) is 0 Å². The molecular formula is C20H19N5O6. The van der Waals surface area contributed by atoms with Crippen LogP contribution in [0.4, 0.5) is 5.95 Å². The third-order valence-corrected chi connectivity index (χ3v) is 4.44. The number of hydrogen-bond donors (Lipinski definition) is 3. The van der Waals surface area contributed by atoms with E-state index in [0.29, 0.717) is 39.9 Å². The highest BCUT2D eigenvalue weighted by Gasteiger charge is 2.17. The zero-order valence-electron chi connectivity index (χ0n) is 16.7. The van der Waals surface area contributed by atoms with Crippen LogP contribution in [0.5, 0.6) is 23.0 Å². The Kier molecular flexibility index (Phi) is 5.56. The Morgan fingerprint density at radius 1 is 1.06 bits per heavy atom. The molecule has 0 aliphatic carbocycles. The molecule has 1 aromatic heterocycles. The molecule has 1 aliphatic heterocycles. The number of carbonyl (C=O) groups excluding carboxylic acids is 2. The fraction of sp³-hybridized carbons (Fsp3) is 0.200. The van der Waals surface area contributed by atoms with Crippen LogP contribution in [0.3, 0.4) is 0 Å². The lowest BCUT2D eigenvalue weighted by Gasteiger charge is -2.08. The maximum Gasteiger partial charge on any atom is 0.251 e. The number of nitrogens with one attached hydrogen (secondary N) is 3. The molecule has 11 nitrogen and oxygen atoms in total. The van der Waals surface area contributed by atoms with Gasteiger partial charge in [-0.15, -0.1) is 5.10 Å². The minimum absolute atomic E-state index is 0.0760. The molecule has 0 fully saturated rings. The molecule has 4 rings (SSSR count). The summed E-state index contributed by atoms with van der Waals surface area (Å²) in [5, 5.41) is 11.8. The van der Waals surface area contributed by atoms with E-state index in [2.05, 4.69) is 25.8 Å². The summed E-state index contributed by atoms with van der Waals surface area (Å²) < 4.78 is 20.9. The standard InChI is InChI=1S/C20H19N5O6/c1-28-13-5-3-11(7-15(13)29-2)18-23-20(25-24-18)22-17(26)9-21-19(27)12-4-6-14-16(8-12)31-10-30-14/h3-8H,9-10H2,1-2H3,(H,21,27)(H2,22,23,24,25,26). The molecule has 0 radical (unpaired) electrons. The van der Waals surface area contributed by atoms with Gasteiger partial charge in [0.15, 0.2) is 28.8 Å². The zero-order chi connectivity index (χ0) is 21.8. The number of hydrogen-bond acceptors (Lipinski definition) is 8. The summed E-state index contributed by atoms with van der Waals surface area (Å²) in [6, 6.07) is 10.0. The summed E-state index contributed by atoms with van der Waals surface area (Å²) in [4.78, 5) is 28.7. The monoisotopic (exact) mass is 425 g/mol. The predicted octanol–water partition coefficient (Wildman–Crippen LogP) is 1.59. The van der Waals surface area contributed by atoms with Gasteiger partial charge in [-0.05, 0) is 36.4 Å². The molecule has 0 spiro atoms. The van der Waals surface area contributed by atoms with Crippen LogP contribution in [0.15, 0.2) is 36.4 Å². The van der Waals surface area contributed by atoms with Crippen LogP contribution in [0, 0.1) is 0 Å². The fourth-order valence-electron chi connectivity index (χ4n) is 2.90. The molecule has 2 amide bonds. The number of nitrogens with zero attached hydrogens (tertiary/aromatic N) is 2. The highest BCUT2D eigenvalue weighted by Crippen LogP contribution is 2.32. The molecule has 2 heterocycles. The lowest BCUT2D eigenvalue weighted by atomic mass is 10.2. The highest BCUT2D eigenvalue weighted by molar-refractivity contribution is 5.99. The van der Waals surface area contributed by atoms with E-state index in [0.717, 1.165) is 0 Å². The maximum atomic E-state index is 12.3. The molecule has 0 unspecified atom stereocenters. The van der Waals surface area contributed by atoms with Gasteiger partial charge in [-0.1, -0.05) is 0 Å². The molecule has 160 valence electrons. The van der Waals surface area contributed by atoms with E-state index in [1.807, 2.05) is 0 Å². The van der Waals surface area contributed by atoms with Gasteiger partial charge in [0.25, 0.3) is 5.91 Å². The van der Waals surface area contributed by atoms with Crippen molar-refractivity contribution < 1.29 is 28.5 Å². The second-order valence-corrected chi connectivity index (χ2v) is 6.38. The number of rotatable bonds is 7. The summed E-state index contributed by atoms with van der Waals surface area (Å²) in [6.45, 7) is -0.141. The molecule has 0 saturated heterocycles. The van der Waals surface area contributed by atoms with E-state index in [1.165, 1.54) is 7.11 Å². The Labute approximate surface area is 176 Å². The quantitative estimate of drug-likeness (QED) is 0.519. The van der Waals surface area contributed by atoms with Gasteiger partial charge in [0.1, 0.15) is 0 Å². The van der Waals surface area contributed by atoms with Gasteiger partial charge in [-0.2, -0.15) is 4.98 Å². The Bertz CT molecular complexity index is 1130. The average molecular weight is 425 g/mol. The van der Waals surface area contributed by atoms with Crippen LogP contribution in [-0.4, -0.2) is 54.6 Å². The third kappa shape index (κ3) is 4.34. The highest BCUT2D eigenvalue weighted by atomic mass is 16.7. The van der Waals surface area contributed by atoms with Crippen LogP contribution in [0.1, 0.15) is 10.4 Å². The number of H-pyrrole nitrogens is 1. The molecule has 3 aromatic rings. The van der Waals surface area contributed by atoms with Gasteiger partial charge < -0.3 is 24.3 Å². The zero-order valence-corrected chi connectivity index (χ0v) is 16.7. The molecule has 2 aromatic carbocycles. The molecule has 11 heteroatoms. The Morgan fingerprint density at radius 2 is 1.87 bits per heavy atom. The second-order valence-electron chi connectivity index (χ2n) is 6.38. The number of aromatic nitrogens is 3. The average Bonchev–Trinajstić information content (AvgIpc) is 3.45. The first kappa shape index (κ1) is 20.0. The fourth-order valence-corrected chi connectivity index (χ4v) is 2.90. The van der Waals surface area contributed by atoms with Crippen molar-refractivity contribution in [1.29, 1.82) is 0 Å². The van der Waals surface area contributed by atoms with Crippen molar-refractivity contribution in [3.63, 3.8) is 0 Å². The summed E-state index contributed by atoms with van der Waals surface area (Å²) in [5.74, 6) is 1.78. The molecule has 1 aliphatic rings. The van der Waals surface area contributed by atoms with Crippen molar-refractivity contribution in [3.8, 4) is 34.4 Å². The number of fused-ring (bicyclic) bond motifs is 1. The van der Waals surface area contributed by atoms with Crippen molar-refractivity contribution in [2.24, 2.45) is 0 Å². The second kappa shape index (κ2) is 8.61. The van der Waals surface area contributed by atoms with E-state index in [1.54, 1.807) is 43.5 Å². The van der Waals surface area contributed by atoms with Gasteiger partial charge in [0, 0.05) is 11.1 Å². The summed E-state index contributed by atoms with van der Waals surface area (Å²) >= 11 is 0. The molecule has 0 bridgehead atoms. The Balaban J connectivity index is 1.34. The SMILES string of the molecule is COc1ccc(-c2nc(NC(=O)CNC(=O)c3ccc4c(c3)OCO4)n[nH]2)cc1OC. The first-order valence-electron chi connectivity index (χ1n) is 9.20. The first-order chi connectivity index (χ1) is 15.1. The number of anilines is 1. The van der Waals surface area contributed by atoms with Crippen molar-refractivity contribution in [1.82, 2.24) is 20.5 Å². The van der Waals surface area contributed by atoms with Gasteiger partial charge in [0.2, 0.25) is 18.6 Å². The lowest BCUT2D eigenvalue weighted by molar-refractivity contribution is -0.115. The Hall–Kier alpha value is -4.28. The minimum Gasteiger partial charge on any atom is -0.493 e. The summed E-state index contributed by atoms with van der Waals surface area (Å²) in [5.41, 5.74) is 1.05. The molecule has 0 saturated carbocycles. The predicted molar refractivity (Wildman–Crippen MR) is 108 cm³/mol. The molecule has 0 atom stereocenters. The smallest absolute Gasteiger partial charge is 0.251 e. The van der Waals surface area contributed by atoms with Crippen LogP contribution in [0.25, 0.3) is 11.4 Å². The van der Waals surface area contributed by atoms with Crippen LogP contribution in [0.2, 0.25) is 0 Å². The number of amides is 2.